The Morgan fingerprint density at radius 1 is 1.30 bits per heavy atom. The number of furan rings is 1. The molecule has 27 heavy (non-hydrogen) atoms. The van der Waals surface area contributed by atoms with Gasteiger partial charge in [-0.25, -0.2) is 12.8 Å². The number of carbonyl (C=O) groups is 1. The average molecular weight is 396 g/mol. The van der Waals surface area contributed by atoms with Crippen molar-refractivity contribution in [3.05, 3.63) is 53.7 Å². The summed E-state index contributed by atoms with van der Waals surface area (Å²) >= 11 is 0. The molecule has 1 amide bonds. The van der Waals surface area contributed by atoms with E-state index in [1.165, 1.54) is 16.6 Å². The van der Waals surface area contributed by atoms with E-state index in [1.807, 2.05) is 0 Å². The molecule has 1 aromatic carbocycles. The van der Waals surface area contributed by atoms with Gasteiger partial charge in [-0.2, -0.15) is 4.31 Å². The quantitative estimate of drug-likeness (QED) is 0.804. The van der Waals surface area contributed by atoms with E-state index in [1.54, 1.807) is 19.1 Å². The number of carbonyl (C=O) groups excluding carboxylic acids is 1. The molecule has 146 valence electrons. The van der Waals surface area contributed by atoms with Crippen molar-refractivity contribution in [3.8, 4) is 0 Å². The summed E-state index contributed by atoms with van der Waals surface area (Å²) in [5, 5.41) is 2.67. The third kappa shape index (κ3) is 4.55. The zero-order valence-corrected chi connectivity index (χ0v) is 15.7. The van der Waals surface area contributed by atoms with Crippen molar-refractivity contribution in [3.63, 3.8) is 0 Å². The fourth-order valence-corrected chi connectivity index (χ4v) is 4.29. The number of rotatable bonds is 6. The van der Waals surface area contributed by atoms with Gasteiger partial charge in [0.25, 0.3) is 5.91 Å². The molecule has 0 saturated carbocycles. The molecule has 0 aliphatic carbocycles. The average Bonchev–Trinajstić information content (AvgIpc) is 3.15. The molecule has 1 unspecified atom stereocenters. The molecule has 0 spiro atoms. The Bertz CT molecular complexity index is 892. The van der Waals surface area contributed by atoms with Crippen molar-refractivity contribution in [2.75, 3.05) is 26.3 Å². The van der Waals surface area contributed by atoms with Crippen LogP contribution in [0, 0.1) is 5.82 Å². The fraction of sp³-hybridized carbons (Fsp3) is 0.389. The van der Waals surface area contributed by atoms with E-state index >= 15 is 0 Å². The molecule has 0 bridgehead atoms. The summed E-state index contributed by atoms with van der Waals surface area (Å²) < 4.78 is 51.2. The predicted octanol–water partition coefficient (Wildman–Crippen LogP) is 1.80. The molecule has 1 N–H and O–H groups in total. The molecule has 0 radical (unpaired) electrons. The van der Waals surface area contributed by atoms with Crippen LogP contribution in [0.25, 0.3) is 0 Å². The highest BCUT2D eigenvalue weighted by Crippen LogP contribution is 2.20. The van der Waals surface area contributed by atoms with E-state index in [0.717, 1.165) is 12.1 Å². The number of amides is 1. The lowest BCUT2D eigenvalue weighted by Gasteiger charge is -2.26. The number of morpholine rings is 1. The van der Waals surface area contributed by atoms with Crippen LogP contribution < -0.4 is 5.32 Å². The number of benzene rings is 1. The fourth-order valence-electron chi connectivity index (χ4n) is 2.86. The summed E-state index contributed by atoms with van der Waals surface area (Å²) in [6, 6.07) is 6.45. The van der Waals surface area contributed by atoms with Gasteiger partial charge in [0, 0.05) is 25.6 Å². The molecule has 2 heterocycles. The van der Waals surface area contributed by atoms with Crippen molar-refractivity contribution >= 4 is 15.9 Å². The van der Waals surface area contributed by atoms with Crippen LogP contribution in [0.2, 0.25) is 0 Å². The number of nitrogens with zero attached hydrogens (tertiary/aromatic N) is 1. The van der Waals surface area contributed by atoms with Gasteiger partial charge in [-0.3, -0.25) is 4.79 Å². The Morgan fingerprint density at radius 3 is 2.70 bits per heavy atom. The lowest BCUT2D eigenvalue weighted by atomic mass is 10.1. The Morgan fingerprint density at radius 2 is 2.04 bits per heavy atom. The van der Waals surface area contributed by atoms with Crippen LogP contribution in [0.15, 0.2) is 45.9 Å². The molecule has 1 atom stereocenters. The number of ether oxygens (including phenoxy) is 1. The largest absolute Gasteiger partial charge is 0.469 e. The Balaban J connectivity index is 1.77. The van der Waals surface area contributed by atoms with Crippen LogP contribution in [0.5, 0.6) is 0 Å². The standard InChI is InChI=1S/C18H21FN2O5S/c1-13(11-14-3-2-8-26-14)20-18(22)16-12-15(4-5-17(16)19)27(23,24)21-6-9-25-10-7-21/h2-5,8,12-13H,6-7,9-11H2,1H3,(H,20,22). The molecule has 9 heteroatoms. The van der Waals surface area contributed by atoms with E-state index in [9.17, 15) is 17.6 Å². The van der Waals surface area contributed by atoms with Crippen LogP contribution in [0.4, 0.5) is 4.39 Å². The van der Waals surface area contributed by atoms with Crippen molar-refractivity contribution in [2.24, 2.45) is 0 Å². The van der Waals surface area contributed by atoms with Gasteiger partial charge in [-0.1, -0.05) is 0 Å². The Labute approximate surface area is 157 Å². The first kappa shape index (κ1) is 19.5. The third-order valence-corrected chi connectivity index (χ3v) is 6.15. The first-order valence-electron chi connectivity index (χ1n) is 8.58. The van der Waals surface area contributed by atoms with Crippen LogP contribution >= 0.6 is 0 Å². The minimum absolute atomic E-state index is 0.116. The van der Waals surface area contributed by atoms with Crippen molar-refractivity contribution in [1.82, 2.24) is 9.62 Å². The van der Waals surface area contributed by atoms with E-state index in [0.29, 0.717) is 25.4 Å². The minimum atomic E-state index is -3.81. The molecule has 1 fully saturated rings. The van der Waals surface area contributed by atoms with Crippen molar-refractivity contribution in [1.29, 1.82) is 0 Å². The van der Waals surface area contributed by atoms with Crippen LogP contribution in [0.3, 0.4) is 0 Å². The molecule has 1 aliphatic heterocycles. The number of hydrogen-bond donors (Lipinski definition) is 1. The second-order valence-electron chi connectivity index (χ2n) is 6.32. The molecular weight excluding hydrogens is 375 g/mol. The van der Waals surface area contributed by atoms with Gasteiger partial charge in [-0.15, -0.1) is 0 Å². The second-order valence-corrected chi connectivity index (χ2v) is 8.25. The van der Waals surface area contributed by atoms with Crippen LogP contribution in [0.1, 0.15) is 23.0 Å². The first-order chi connectivity index (χ1) is 12.9. The lowest BCUT2D eigenvalue weighted by Crippen LogP contribution is -2.40. The van der Waals surface area contributed by atoms with Crippen LogP contribution in [-0.2, 0) is 21.2 Å². The summed E-state index contributed by atoms with van der Waals surface area (Å²) in [7, 11) is -3.81. The highest BCUT2D eigenvalue weighted by molar-refractivity contribution is 7.89. The number of hydrogen-bond acceptors (Lipinski definition) is 5. The zero-order chi connectivity index (χ0) is 19.4. The summed E-state index contributed by atoms with van der Waals surface area (Å²) in [6.45, 7) is 2.81. The van der Waals surface area contributed by atoms with Crippen molar-refractivity contribution in [2.45, 2.75) is 24.3 Å². The van der Waals surface area contributed by atoms with E-state index in [2.05, 4.69) is 5.32 Å². The maximum absolute atomic E-state index is 14.2. The van der Waals surface area contributed by atoms with Gasteiger partial charge >= 0.3 is 0 Å². The maximum atomic E-state index is 14.2. The van der Waals surface area contributed by atoms with Gasteiger partial charge < -0.3 is 14.5 Å². The smallest absolute Gasteiger partial charge is 0.254 e. The Hall–Kier alpha value is -2.23. The molecule has 2 aromatic rings. The second kappa shape index (κ2) is 8.20. The predicted molar refractivity (Wildman–Crippen MR) is 95.3 cm³/mol. The van der Waals surface area contributed by atoms with E-state index in [4.69, 9.17) is 9.15 Å². The van der Waals surface area contributed by atoms with Gasteiger partial charge in [-0.05, 0) is 37.3 Å². The van der Waals surface area contributed by atoms with Gasteiger partial charge in [0.1, 0.15) is 11.6 Å². The summed E-state index contributed by atoms with van der Waals surface area (Å²) in [5.41, 5.74) is -0.310. The molecule has 3 rings (SSSR count). The highest BCUT2D eigenvalue weighted by Gasteiger charge is 2.28. The summed E-state index contributed by atoms with van der Waals surface area (Å²) in [5.74, 6) is -0.767. The van der Waals surface area contributed by atoms with Gasteiger partial charge in [0.05, 0.1) is 29.9 Å². The maximum Gasteiger partial charge on any atom is 0.254 e. The zero-order valence-electron chi connectivity index (χ0n) is 14.9. The minimum Gasteiger partial charge on any atom is -0.469 e. The molecular formula is C18H21FN2O5S. The van der Waals surface area contributed by atoms with Gasteiger partial charge in [0.15, 0.2) is 0 Å². The monoisotopic (exact) mass is 396 g/mol. The van der Waals surface area contributed by atoms with Crippen molar-refractivity contribution < 1.29 is 26.8 Å². The third-order valence-electron chi connectivity index (χ3n) is 4.26. The Kier molecular flexibility index (Phi) is 5.93. The van der Waals surface area contributed by atoms with Gasteiger partial charge in [0.2, 0.25) is 10.0 Å². The molecule has 1 aromatic heterocycles. The number of nitrogens with one attached hydrogen (secondary N) is 1. The molecule has 1 saturated heterocycles. The van der Waals surface area contributed by atoms with Crippen LogP contribution in [-0.4, -0.2) is 51.0 Å². The number of sulfonamides is 1. The molecule has 1 aliphatic rings. The topological polar surface area (TPSA) is 88.8 Å². The molecule has 7 nitrogen and oxygen atoms in total. The number of halogens is 1. The van der Waals surface area contributed by atoms with E-state index in [-0.39, 0.29) is 29.6 Å². The summed E-state index contributed by atoms with van der Waals surface area (Å²) in [4.78, 5) is 12.3. The first-order valence-corrected chi connectivity index (χ1v) is 10.0. The lowest BCUT2D eigenvalue weighted by molar-refractivity contribution is 0.0730. The highest BCUT2D eigenvalue weighted by atomic mass is 32.2. The normalized spacial score (nSPS) is 16.8. The summed E-state index contributed by atoms with van der Waals surface area (Å²) in [6.07, 6.45) is 1.97. The van der Waals surface area contributed by atoms with E-state index < -0.39 is 21.7 Å². The SMILES string of the molecule is CC(Cc1ccco1)NC(=O)c1cc(S(=O)(=O)N2CCOCC2)ccc1F.